The Labute approximate surface area is 137 Å². The van der Waals surface area contributed by atoms with Crippen molar-refractivity contribution in [1.82, 2.24) is 9.29 Å². The van der Waals surface area contributed by atoms with Gasteiger partial charge in [0.1, 0.15) is 0 Å². The van der Waals surface area contributed by atoms with E-state index >= 15 is 0 Å². The van der Waals surface area contributed by atoms with Crippen molar-refractivity contribution < 1.29 is 8.42 Å². The van der Waals surface area contributed by atoms with E-state index in [-0.39, 0.29) is 13.1 Å². The Bertz CT molecular complexity index is 862. The molecule has 23 heavy (non-hydrogen) atoms. The average Bonchev–Trinajstić information content (AvgIpc) is 2.65. The van der Waals surface area contributed by atoms with Gasteiger partial charge < -0.3 is 0 Å². The van der Waals surface area contributed by atoms with Crippen molar-refractivity contribution in [3.63, 3.8) is 0 Å². The summed E-state index contributed by atoms with van der Waals surface area (Å²) in [5, 5.41) is 0. The maximum absolute atomic E-state index is 12.9. The highest BCUT2D eigenvalue weighted by molar-refractivity contribution is 7.89. The van der Waals surface area contributed by atoms with Gasteiger partial charge in [0.25, 0.3) is 0 Å². The summed E-state index contributed by atoms with van der Waals surface area (Å²) in [5.41, 5.74) is 2.89. The molecule has 0 radical (unpaired) electrons. The fraction of sp³-hybridized carbons (Fsp3) is 0.278. The molecule has 0 saturated heterocycles. The van der Waals surface area contributed by atoms with E-state index in [1.807, 2.05) is 19.1 Å². The zero-order valence-corrected chi connectivity index (χ0v) is 13.8. The number of benzene rings is 1. The third-order valence-electron chi connectivity index (χ3n) is 3.87. The van der Waals surface area contributed by atoms with Gasteiger partial charge in [-0.3, -0.25) is 4.98 Å². The normalized spacial score (nSPS) is 15.5. The molecular formula is C18H18N2O2S. The number of aryl methyl sites for hydroxylation is 2. The predicted molar refractivity (Wildman–Crippen MR) is 89.1 cm³/mol. The number of fused-ring (bicyclic) bond motifs is 1. The second kappa shape index (κ2) is 6.53. The van der Waals surface area contributed by atoms with E-state index in [1.54, 1.807) is 30.5 Å². The third-order valence-corrected chi connectivity index (χ3v) is 5.68. The molecule has 0 bridgehead atoms. The van der Waals surface area contributed by atoms with Crippen LogP contribution in [-0.2, 0) is 23.0 Å². The highest BCUT2D eigenvalue weighted by Crippen LogP contribution is 2.20. The smallest absolute Gasteiger partial charge is 0.244 e. The van der Waals surface area contributed by atoms with Crippen LogP contribution < -0.4 is 0 Å². The zero-order chi connectivity index (χ0) is 16.3. The average molecular weight is 326 g/mol. The Morgan fingerprint density at radius 1 is 1.13 bits per heavy atom. The van der Waals surface area contributed by atoms with Crippen LogP contribution in [0.25, 0.3) is 0 Å². The summed E-state index contributed by atoms with van der Waals surface area (Å²) in [7, 11) is -3.59. The monoisotopic (exact) mass is 326 g/mol. The van der Waals surface area contributed by atoms with Crippen LogP contribution in [0.15, 0.2) is 47.5 Å². The molecule has 0 N–H and O–H groups in total. The number of aromatic nitrogens is 1. The minimum absolute atomic E-state index is 0.187. The van der Waals surface area contributed by atoms with Crippen LogP contribution >= 0.6 is 0 Å². The van der Waals surface area contributed by atoms with E-state index in [9.17, 15) is 8.42 Å². The molecule has 1 aromatic carbocycles. The molecule has 1 aromatic heterocycles. The van der Waals surface area contributed by atoms with Gasteiger partial charge in [-0.05, 0) is 37.1 Å². The summed E-state index contributed by atoms with van der Waals surface area (Å²) >= 11 is 0. The second-order valence-corrected chi connectivity index (χ2v) is 7.49. The molecule has 0 unspecified atom stereocenters. The van der Waals surface area contributed by atoms with E-state index in [0.29, 0.717) is 4.90 Å². The van der Waals surface area contributed by atoms with Crippen LogP contribution in [0.5, 0.6) is 0 Å². The predicted octanol–water partition coefficient (Wildman–Crippen LogP) is 2.53. The third kappa shape index (κ3) is 3.44. The Morgan fingerprint density at radius 2 is 1.91 bits per heavy atom. The fourth-order valence-electron chi connectivity index (χ4n) is 2.52. The molecule has 5 heteroatoms. The molecule has 2 heterocycles. The molecule has 2 aromatic rings. The molecule has 1 aliphatic heterocycles. The van der Waals surface area contributed by atoms with Gasteiger partial charge in [0, 0.05) is 12.6 Å². The molecule has 0 saturated carbocycles. The minimum Gasteiger partial charge on any atom is -0.260 e. The highest BCUT2D eigenvalue weighted by atomic mass is 32.2. The van der Waals surface area contributed by atoms with Crippen LogP contribution in [0.1, 0.15) is 23.2 Å². The lowest BCUT2D eigenvalue weighted by molar-refractivity contribution is 0.437. The SMILES string of the molecule is Cc1ccc(S(=O)(=O)N2CC#CCCc3cccnc3C2)cc1. The Morgan fingerprint density at radius 3 is 2.70 bits per heavy atom. The maximum atomic E-state index is 12.9. The first kappa shape index (κ1) is 15.7. The largest absolute Gasteiger partial charge is 0.260 e. The Balaban J connectivity index is 1.99. The number of sulfonamides is 1. The van der Waals surface area contributed by atoms with E-state index in [4.69, 9.17) is 0 Å². The molecule has 1 aliphatic rings. The van der Waals surface area contributed by atoms with Gasteiger partial charge in [-0.2, -0.15) is 4.31 Å². The minimum atomic E-state index is -3.59. The summed E-state index contributed by atoms with van der Waals surface area (Å²) in [6, 6.07) is 10.8. The molecule has 0 aliphatic carbocycles. The molecular weight excluding hydrogens is 308 g/mol. The van der Waals surface area contributed by atoms with E-state index in [2.05, 4.69) is 16.8 Å². The van der Waals surface area contributed by atoms with Crippen LogP contribution in [0.2, 0.25) is 0 Å². The van der Waals surface area contributed by atoms with Gasteiger partial charge >= 0.3 is 0 Å². The topological polar surface area (TPSA) is 50.3 Å². The maximum Gasteiger partial charge on any atom is 0.244 e. The van der Waals surface area contributed by atoms with E-state index in [1.165, 1.54) is 4.31 Å². The molecule has 3 rings (SSSR count). The quantitative estimate of drug-likeness (QED) is 0.797. The van der Waals surface area contributed by atoms with Gasteiger partial charge in [0.05, 0.1) is 23.7 Å². The molecule has 4 nitrogen and oxygen atoms in total. The van der Waals surface area contributed by atoms with Crippen molar-refractivity contribution in [3.8, 4) is 11.8 Å². The van der Waals surface area contributed by atoms with Crippen LogP contribution in [0.3, 0.4) is 0 Å². The number of rotatable bonds is 2. The molecule has 118 valence electrons. The lowest BCUT2D eigenvalue weighted by Gasteiger charge is -2.20. The van der Waals surface area contributed by atoms with Gasteiger partial charge in [0.15, 0.2) is 0 Å². The number of pyridine rings is 1. The zero-order valence-electron chi connectivity index (χ0n) is 13.0. The van der Waals surface area contributed by atoms with E-state index in [0.717, 1.165) is 29.7 Å². The van der Waals surface area contributed by atoms with Gasteiger partial charge in [-0.15, -0.1) is 5.92 Å². The van der Waals surface area contributed by atoms with Crippen molar-refractivity contribution in [2.75, 3.05) is 6.54 Å². The number of hydrogen-bond donors (Lipinski definition) is 0. The van der Waals surface area contributed by atoms with Crippen molar-refractivity contribution in [2.45, 2.75) is 31.2 Å². The number of hydrogen-bond acceptors (Lipinski definition) is 3. The standard InChI is InChI=1S/C18H18N2O2S/c1-15-8-10-17(11-9-15)23(21,22)20-13-4-2-3-6-16-7-5-12-19-18(16)14-20/h5,7-12H,3,6,13-14H2,1H3. The summed E-state index contributed by atoms with van der Waals surface area (Å²) in [6.07, 6.45) is 3.22. The molecule has 0 spiro atoms. The highest BCUT2D eigenvalue weighted by Gasteiger charge is 2.25. The molecule has 0 amide bonds. The summed E-state index contributed by atoms with van der Waals surface area (Å²) < 4.78 is 27.2. The summed E-state index contributed by atoms with van der Waals surface area (Å²) in [5.74, 6) is 6.02. The van der Waals surface area contributed by atoms with Crippen molar-refractivity contribution in [2.24, 2.45) is 0 Å². The Hall–Kier alpha value is -2.16. The fourth-order valence-corrected chi connectivity index (χ4v) is 3.83. The number of nitrogens with zero attached hydrogens (tertiary/aromatic N) is 2. The Kier molecular flexibility index (Phi) is 4.46. The molecule has 0 atom stereocenters. The first-order chi connectivity index (χ1) is 11.1. The summed E-state index contributed by atoms with van der Waals surface area (Å²) in [6.45, 7) is 2.37. The summed E-state index contributed by atoms with van der Waals surface area (Å²) in [4.78, 5) is 4.67. The van der Waals surface area contributed by atoms with E-state index < -0.39 is 10.0 Å². The van der Waals surface area contributed by atoms with Crippen molar-refractivity contribution in [3.05, 3.63) is 59.4 Å². The van der Waals surface area contributed by atoms with Crippen molar-refractivity contribution >= 4 is 10.0 Å². The lowest BCUT2D eigenvalue weighted by atomic mass is 10.1. The van der Waals surface area contributed by atoms with Crippen LogP contribution in [0.4, 0.5) is 0 Å². The first-order valence-electron chi connectivity index (χ1n) is 7.53. The van der Waals surface area contributed by atoms with Crippen LogP contribution in [-0.4, -0.2) is 24.3 Å². The van der Waals surface area contributed by atoms with Gasteiger partial charge in [-0.25, -0.2) is 8.42 Å². The van der Waals surface area contributed by atoms with Crippen LogP contribution in [0, 0.1) is 18.8 Å². The van der Waals surface area contributed by atoms with Gasteiger partial charge in [0.2, 0.25) is 10.0 Å². The molecule has 0 fully saturated rings. The van der Waals surface area contributed by atoms with Gasteiger partial charge in [-0.1, -0.05) is 29.7 Å². The second-order valence-electron chi connectivity index (χ2n) is 5.55. The first-order valence-corrected chi connectivity index (χ1v) is 8.97. The van der Waals surface area contributed by atoms with Crippen molar-refractivity contribution in [1.29, 1.82) is 0 Å². The lowest BCUT2D eigenvalue weighted by Crippen LogP contribution is -2.31.